The third-order valence-corrected chi connectivity index (χ3v) is 3.78. The zero-order valence-electron chi connectivity index (χ0n) is 11.9. The second kappa shape index (κ2) is 5.52. The van der Waals surface area contributed by atoms with Gasteiger partial charge in [-0.3, -0.25) is 0 Å². The highest BCUT2D eigenvalue weighted by atomic mass is 16.3. The van der Waals surface area contributed by atoms with Crippen molar-refractivity contribution in [3.8, 4) is 0 Å². The number of nitrogens with one attached hydrogen (secondary N) is 2. The molecule has 1 heterocycles. The Morgan fingerprint density at radius 3 is 2.52 bits per heavy atom. The van der Waals surface area contributed by atoms with E-state index in [1.165, 1.54) is 6.42 Å². The molecule has 1 aromatic carbocycles. The summed E-state index contributed by atoms with van der Waals surface area (Å²) in [6, 6.07) is 10.9. The van der Waals surface area contributed by atoms with E-state index in [0.717, 1.165) is 23.1 Å². The number of carbonyl (C=O) groups excluding carboxylic acids is 1. The average Bonchev–Trinajstić information content (AvgIpc) is 3.00. The normalized spacial score (nSPS) is 20.0. The number of primary amides is 1. The number of anilines is 2. The van der Waals surface area contributed by atoms with E-state index < -0.39 is 6.03 Å². The molecule has 2 unspecified atom stereocenters. The summed E-state index contributed by atoms with van der Waals surface area (Å²) >= 11 is 0. The zero-order valence-corrected chi connectivity index (χ0v) is 11.9. The van der Waals surface area contributed by atoms with Crippen molar-refractivity contribution in [3.05, 3.63) is 47.9 Å². The lowest BCUT2D eigenvalue weighted by Gasteiger charge is -2.06. The third-order valence-electron chi connectivity index (χ3n) is 3.78. The van der Waals surface area contributed by atoms with Gasteiger partial charge in [-0.25, -0.2) is 4.79 Å². The molecular weight excluding hydrogens is 266 g/mol. The van der Waals surface area contributed by atoms with Gasteiger partial charge in [0.15, 0.2) is 0 Å². The number of furan rings is 1. The van der Waals surface area contributed by atoms with Gasteiger partial charge in [0.25, 0.3) is 0 Å². The zero-order chi connectivity index (χ0) is 14.8. The molecule has 0 radical (unpaired) electrons. The summed E-state index contributed by atoms with van der Waals surface area (Å²) in [5.41, 5.74) is 6.70. The number of carbonyl (C=O) groups is 1. The number of urea groups is 1. The van der Waals surface area contributed by atoms with Crippen molar-refractivity contribution >= 4 is 17.4 Å². The third kappa shape index (κ3) is 3.37. The van der Waals surface area contributed by atoms with Gasteiger partial charge in [0.2, 0.25) is 0 Å². The Hall–Kier alpha value is -2.43. The van der Waals surface area contributed by atoms with Gasteiger partial charge in [-0.1, -0.05) is 6.92 Å². The molecule has 1 aromatic heterocycles. The average molecular weight is 285 g/mol. The summed E-state index contributed by atoms with van der Waals surface area (Å²) in [6.45, 7) is 2.89. The monoisotopic (exact) mass is 285 g/mol. The van der Waals surface area contributed by atoms with Crippen LogP contribution in [0, 0.1) is 5.92 Å². The first-order valence-electron chi connectivity index (χ1n) is 7.11. The SMILES string of the molecule is CC1CC1c1ccc(CNc2ccc(NC(N)=O)cc2)o1. The number of hydrogen-bond acceptors (Lipinski definition) is 3. The minimum atomic E-state index is -0.562. The molecular formula is C16H19N3O2. The molecule has 2 amide bonds. The van der Waals surface area contributed by atoms with Crippen LogP contribution in [0.4, 0.5) is 16.2 Å². The molecule has 4 N–H and O–H groups in total. The number of benzene rings is 1. The first-order chi connectivity index (χ1) is 10.1. The van der Waals surface area contributed by atoms with Crippen LogP contribution in [0.2, 0.25) is 0 Å². The minimum absolute atomic E-state index is 0.562. The molecule has 1 aliphatic rings. The maximum absolute atomic E-state index is 10.7. The molecule has 21 heavy (non-hydrogen) atoms. The molecule has 1 saturated carbocycles. The Balaban J connectivity index is 1.54. The molecule has 3 rings (SSSR count). The van der Waals surface area contributed by atoms with Gasteiger partial charge in [-0.05, 0) is 48.7 Å². The van der Waals surface area contributed by atoms with E-state index in [1.54, 1.807) is 12.1 Å². The van der Waals surface area contributed by atoms with E-state index in [2.05, 4.69) is 23.6 Å². The van der Waals surface area contributed by atoms with Crippen molar-refractivity contribution in [2.45, 2.75) is 25.8 Å². The Bertz CT molecular complexity index is 633. The molecule has 1 aliphatic carbocycles. The smallest absolute Gasteiger partial charge is 0.316 e. The second-order valence-corrected chi connectivity index (χ2v) is 5.54. The van der Waals surface area contributed by atoms with Gasteiger partial charge in [-0.15, -0.1) is 0 Å². The lowest BCUT2D eigenvalue weighted by atomic mass is 10.2. The number of amides is 2. The van der Waals surface area contributed by atoms with E-state index in [4.69, 9.17) is 10.2 Å². The summed E-state index contributed by atoms with van der Waals surface area (Å²) in [7, 11) is 0. The number of nitrogens with two attached hydrogens (primary N) is 1. The second-order valence-electron chi connectivity index (χ2n) is 5.54. The summed E-state index contributed by atoms with van der Waals surface area (Å²) in [6.07, 6.45) is 1.23. The Morgan fingerprint density at radius 2 is 1.90 bits per heavy atom. The molecule has 0 saturated heterocycles. The molecule has 2 atom stereocenters. The van der Waals surface area contributed by atoms with Crippen LogP contribution in [-0.4, -0.2) is 6.03 Å². The van der Waals surface area contributed by atoms with Gasteiger partial charge in [0.1, 0.15) is 11.5 Å². The van der Waals surface area contributed by atoms with Crippen molar-refractivity contribution in [3.63, 3.8) is 0 Å². The van der Waals surface area contributed by atoms with Crippen LogP contribution in [0.25, 0.3) is 0 Å². The predicted molar refractivity (Wildman–Crippen MR) is 82.2 cm³/mol. The molecule has 0 spiro atoms. The largest absolute Gasteiger partial charge is 0.464 e. The molecule has 5 nitrogen and oxygen atoms in total. The predicted octanol–water partition coefficient (Wildman–Crippen LogP) is 3.51. The van der Waals surface area contributed by atoms with E-state index in [1.807, 2.05) is 18.2 Å². The first-order valence-corrected chi connectivity index (χ1v) is 7.11. The van der Waals surface area contributed by atoms with E-state index in [9.17, 15) is 4.79 Å². The lowest BCUT2D eigenvalue weighted by molar-refractivity contribution is 0.259. The van der Waals surface area contributed by atoms with Crippen LogP contribution < -0.4 is 16.4 Å². The van der Waals surface area contributed by atoms with Crippen molar-refractivity contribution in [2.75, 3.05) is 10.6 Å². The van der Waals surface area contributed by atoms with Crippen molar-refractivity contribution in [1.82, 2.24) is 0 Å². The first kappa shape index (κ1) is 13.5. The highest BCUT2D eigenvalue weighted by molar-refractivity contribution is 5.87. The van der Waals surface area contributed by atoms with Gasteiger partial charge in [0.05, 0.1) is 6.54 Å². The summed E-state index contributed by atoms with van der Waals surface area (Å²) in [4.78, 5) is 10.7. The fourth-order valence-corrected chi connectivity index (χ4v) is 2.41. The van der Waals surface area contributed by atoms with Crippen LogP contribution in [0.1, 0.15) is 30.8 Å². The van der Waals surface area contributed by atoms with Gasteiger partial charge in [0, 0.05) is 17.3 Å². The quantitative estimate of drug-likeness (QED) is 0.786. The summed E-state index contributed by atoms with van der Waals surface area (Å²) < 4.78 is 5.84. The fraction of sp³-hybridized carbons (Fsp3) is 0.312. The van der Waals surface area contributed by atoms with Gasteiger partial charge >= 0.3 is 6.03 Å². The molecule has 2 aromatic rings. The molecule has 5 heteroatoms. The van der Waals surface area contributed by atoms with Gasteiger partial charge < -0.3 is 20.8 Å². The van der Waals surface area contributed by atoms with Gasteiger partial charge in [-0.2, -0.15) is 0 Å². The standard InChI is InChI=1S/C16H19N3O2/c1-10-8-14(10)15-7-6-13(21-15)9-18-11-2-4-12(5-3-11)19-16(17)20/h2-7,10,14,18H,8-9H2,1H3,(H3,17,19,20). The Morgan fingerprint density at radius 1 is 1.24 bits per heavy atom. The van der Waals surface area contributed by atoms with E-state index in [0.29, 0.717) is 18.2 Å². The fourth-order valence-electron chi connectivity index (χ4n) is 2.41. The van der Waals surface area contributed by atoms with Crippen molar-refractivity contribution < 1.29 is 9.21 Å². The van der Waals surface area contributed by atoms with Crippen LogP contribution in [0.5, 0.6) is 0 Å². The molecule has 0 aliphatic heterocycles. The number of rotatable bonds is 5. The Labute approximate surface area is 123 Å². The Kier molecular flexibility index (Phi) is 3.56. The van der Waals surface area contributed by atoms with Crippen LogP contribution >= 0.6 is 0 Å². The maximum Gasteiger partial charge on any atom is 0.316 e. The van der Waals surface area contributed by atoms with Crippen LogP contribution in [0.15, 0.2) is 40.8 Å². The highest BCUT2D eigenvalue weighted by Crippen LogP contribution is 2.47. The van der Waals surface area contributed by atoms with Crippen molar-refractivity contribution in [2.24, 2.45) is 11.7 Å². The molecule has 0 bridgehead atoms. The van der Waals surface area contributed by atoms with Crippen LogP contribution in [0.3, 0.4) is 0 Å². The molecule has 1 fully saturated rings. The highest BCUT2D eigenvalue weighted by Gasteiger charge is 2.36. The van der Waals surface area contributed by atoms with Crippen molar-refractivity contribution in [1.29, 1.82) is 0 Å². The lowest BCUT2D eigenvalue weighted by Crippen LogP contribution is -2.19. The topological polar surface area (TPSA) is 80.3 Å². The maximum atomic E-state index is 10.7. The molecule has 110 valence electrons. The summed E-state index contributed by atoms with van der Waals surface area (Å²) in [5, 5.41) is 5.81. The van der Waals surface area contributed by atoms with E-state index >= 15 is 0 Å². The van der Waals surface area contributed by atoms with E-state index in [-0.39, 0.29) is 0 Å². The van der Waals surface area contributed by atoms with Crippen LogP contribution in [-0.2, 0) is 6.54 Å². The summed E-state index contributed by atoms with van der Waals surface area (Å²) in [5.74, 6) is 3.39. The number of hydrogen-bond donors (Lipinski definition) is 3. The minimum Gasteiger partial charge on any atom is -0.464 e.